The van der Waals surface area contributed by atoms with E-state index in [0.29, 0.717) is 6.04 Å². The van der Waals surface area contributed by atoms with Gasteiger partial charge in [-0.25, -0.2) is 0 Å². The van der Waals surface area contributed by atoms with E-state index < -0.39 is 0 Å². The molecule has 0 aromatic carbocycles. The molecule has 1 aliphatic carbocycles. The van der Waals surface area contributed by atoms with Gasteiger partial charge < -0.3 is 10.4 Å². The molecule has 16 heavy (non-hydrogen) atoms. The largest absolute Gasteiger partial charge is 0.391 e. The summed E-state index contributed by atoms with van der Waals surface area (Å²) < 4.78 is 0. The molecule has 0 aromatic rings. The number of rotatable bonds is 3. The molecule has 3 unspecified atom stereocenters. The maximum Gasteiger partial charge on any atom is 0.0712 e. The molecule has 0 saturated heterocycles. The van der Waals surface area contributed by atoms with Gasteiger partial charge in [-0.3, -0.25) is 0 Å². The van der Waals surface area contributed by atoms with Crippen LogP contribution in [0, 0.1) is 17.3 Å². The maximum absolute atomic E-state index is 9.99. The van der Waals surface area contributed by atoms with E-state index in [2.05, 4.69) is 39.9 Å². The lowest BCUT2D eigenvalue weighted by Gasteiger charge is -2.34. The molecule has 96 valence electrons. The van der Waals surface area contributed by atoms with E-state index in [1.165, 1.54) is 19.3 Å². The minimum Gasteiger partial charge on any atom is -0.391 e. The van der Waals surface area contributed by atoms with E-state index in [4.69, 9.17) is 0 Å². The Labute approximate surface area is 101 Å². The average Bonchev–Trinajstić information content (AvgIpc) is 2.11. The number of aliphatic hydroxyl groups excluding tert-OH is 1. The van der Waals surface area contributed by atoms with Crippen molar-refractivity contribution in [3.63, 3.8) is 0 Å². The minimum absolute atomic E-state index is 0.0150. The summed E-state index contributed by atoms with van der Waals surface area (Å²) in [6.07, 6.45) is 3.64. The fourth-order valence-electron chi connectivity index (χ4n) is 2.70. The fourth-order valence-corrected chi connectivity index (χ4v) is 2.70. The van der Waals surface area contributed by atoms with Gasteiger partial charge in [-0.05, 0) is 36.5 Å². The fraction of sp³-hybridized carbons (Fsp3) is 1.00. The predicted octanol–water partition coefficient (Wildman–Crippen LogP) is 2.81. The summed E-state index contributed by atoms with van der Waals surface area (Å²) >= 11 is 0. The van der Waals surface area contributed by atoms with Crippen molar-refractivity contribution in [1.82, 2.24) is 5.32 Å². The first-order chi connectivity index (χ1) is 7.29. The second-order valence-electron chi connectivity index (χ2n) is 6.90. The van der Waals surface area contributed by atoms with Crippen molar-refractivity contribution < 1.29 is 5.11 Å². The number of hydrogen-bond donors (Lipinski definition) is 2. The van der Waals surface area contributed by atoms with Crippen LogP contribution in [0.25, 0.3) is 0 Å². The molecule has 1 fully saturated rings. The molecular formula is C14H29NO. The van der Waals surface area contributed by atoms with Gasteiger partial charge in [0.1, 0.15) is 0 Å². The molecule has 0 aliphatic heterocycles. The average molecular weight is 227 g/mol. The van der Waals surface area contributed by atoms with Crippen LogP contribution in [0.4, 0.5) is 0 Å². The molecule has 1 rings (SSSR count). The van der Waals surface area contributed by atoms with Gasteiger partial charge in [0.25, 0.3) is 0 Å². The summed E-state index contributed by atoms with van der Waals surface area (Å²) in [7, 11) is 0. The molecule has 3 atom stereocenters. The Balaban J connectivity index is 2.32. The topological polar surface area (TPSA) is 32.3 Å². The zero-order valence-electron chi connectivity index (χ0n) is 11.6. The lowest BCUT2D eigenvalue weighted by atomic mass is 9.80. The highest BCUT2D eigenvalue weighted by Gasteiger charge is 2.26. The van der Waals surface area contributed by atoms with E-state index in [1.54, 1.807) is 0 Å². The Morgan fingerprint density at radius 3 is 2.06 bits per heavy atom. The number of aliphatic hydroxyl groups is 1. The van der Waals surface area contributed by atoms with Crippen molar-refractivity contribution in [1.29, 1.82) is 0 Å². The van der Waals surface area contributed by atoms with Gasteiger partial charge in [0.05, 0.1) is 6.10 Å². The molecule has 2 N–H and O–H groups in total. The zero-order valence-corrected chi connectivity index (χ0v) is 11.6. The van der Waals surface area contributed by atoms with Crippen molar-refractivity contribution in [2.24, 2.45) is 17.3 Å². The van der Waals surface area contributed by atoms with Crippen molar-refractivity contribution in [3.8, 4) is 0 Å². The lowest BCUT2D eigenvalue weighted by molar-refractivity contribution is 0.0569. The van der Waals surface area contributed by atoms with Gasteiger partial charge in [-0.2, -0.15) is 0 Å². The Kier molecular flexibility index (Phi) is 4.81. The van der Waals surface area contributed by atoms with Crippen LogP contribution in [-0.4, -0.2) is 23.8 Å². The van der Waals surface area contributed by atoms with Crippen molar-refractivity contribution in [2.45, 2.75) is 66.0 Å². The molecule has 2 heteroatoms. The predicted molar refractivity (Wildman–Crippen MR) is 69.4 cm³/mol. The van der Waals surface area contributed by atoms with Gasteiger partial charge in [0.15, 0.2) is 0 Å². The van der Waals surface area contributed by atoms with E-state index in [0.717, 1.165) is 18.4 Å². The molecule has 0 aromatic heterocycles. The number of nitrogens with one attached hydrogen (secondary N) is 1. The summed E-state index contributed by atoms with van der Waals surface area (Å²) in [6.45, 7) is 11.7. The zero-order chi connectivity index (χ0) is 12.3. The first kappa shape index (κ1) is 14.0. The molecule has 1 saturated carbocycles. The SMILES string of the molecule is CC1CC(C)CC(NCC(O)C(C)(C)C)C1. The van der Waals surface area contributed by atoms with E-state index in [-0.39, 0.29) is 11.5 Å². The van der Waals surface area contributed by atoms with Crippen molar-refractivity contribution in [3.05, 3.63) is 0 Å². The Hall–Kier alpha value is -0.0800. The van der Waals surface area contributed by atoms with Crippen molar-refractivity contribution >= 4 is 0 Å². The van der Waals surface area contributed by atoms with Crippen LogP contribution in [0.2, 0.25) is 0 Å². The monoisotopic (exact) mass is 227 g/mol. The van der Waals surface area contributed by atoms with E-state index >= 15 is 0 Å². The normalized spacial score (nSPS) is 33.8. The van der Waals surface area contributed by atoms with Crippen LogP contribution in [-0.2, 0) is 0 Å². The van der Waals surface area contributed by atoms with Crippen LogP contribution in [0.15, 0.2) is 0 Å². The second kappa shape index (κ2) is 5.50. The Morgan fingerprint density at radius 2 is 1.62 bits per heavy atom. The van der Waals surface area contributed by atoms with Crippen LogP contribution < -0.4 is 5.32 Å². The smallest absolute Gasteiger partial charge is 0.0712 e. The third-order valence-corrected chi connectivity index (χ3v) is 3.78. The maximum atomic E-state index is 9.99. The second-order valence-corrected chi connectivity index (χ2v) is 6.90. The highest BCUT2D eigenvalue weighted by Crippen LogP contribution is 2.28. The quantitative estimate of drug-likeness (QED) is 0.777. The summed E-state index contributed by atoms with van der Waals surface area (Å²) in [5.74, 6) is 1.65. The summed E-state index contributed by atoms with van der Waals surface area (Å²) in [5.41, 5.74) is -0.0150. The van der Waals surface area contributed by atoms with E-state index in [9.17, 15) is 5.11 Å². The Morgan fingerprint density at radius 1 is 1.12 bits per heavy atom. The van der Waals surface area contributed by atoms with Gasteiger partial charge >= 0.3 is 0 Å². The molecule has 0 bridgehead atoms. The molecule has 2 nitrogen and oxygen atoms in total. The third-order valence-electron chi connectivity index (χ3n) is 3.78. The first-order valence-corrected chi connectivity index (χ1v) is 6.70. The van der Waals surface area contributed by atoms with Gasteiger partial charge in [-0.1, -0.05) is 34.6 Å². The van der Waals surface area contributed by atoms with Crippen molar-refractivity contribution in [2.75, 3.05) is 6.54 Å². The van der Waals surface area contributed by atoms with Crippen LogP contribution in [0.1, 0.15) is 53.9 Å². The van der Waals surface area contributed by atoms with Gasteiger partial charge in [0, 0.05) is 12.6 Å². The lowest BCUT2D eigenvalue weighted by Crippen LogP contribution is -2.43. The van der Waals surface area contributed by atoms with Gasteiger partial charge in [0.2, 0.25) is 0 Å². The molecule has 0 amide bonds. The standard InChI is InChI=1S/C14H29NO/c1-10-6-11(2)8-12(7-10)15-9-13(16)14(3,4)5/h10-13,15-16H,6-9H2,1-5H3. The van der Waals surface area contributed by atoms with Gasteiger partial charge in [-0.15, -0.1) is 0 Å². The summed E-state index contributed by atoms with van der Waals surface area (Å²) in [5, 5.41) is 13.5. The first-order valence-electron chi connectivity index (χ1n) is 6.70. The molecule has 0 spiro atoms. The molecule has 0 radical (unpaired) electrons. The Bertz CT molecular complexity index is 199. The summed E-state index contributed by atoms with van der Waals surface area (Å²) in [4.78, 5) is 0. The molecule has 0 heterocycles. The highest BCUT2D eigenvalue weighted by molar-refractivity contribution is 4.82. The van der Waals surface area contributed by atoms with Crippen LogP contribution >= 0.6 is 0 Å². The number of hydrogen-bond acceptors (Lipinski definition) is 2. The summed E-state index contributed by atoms with van der Waals surface area (Å²) in [6, 6.07) is 0.607. The third kappa shape index (κ3) is 4.42. The minimum atomic E-state index is -0.250. The van der Waals surface area contributed by atoms with Crippen LogP contribution in [0.5, 0.6) is 0 Å². The van der Waals surface area contributed by atoms with Crippen LogP contribution in [0.3, 0.4) is 0 Å². The van der Waals surface area contributed by atoms with E-state index in [1.807, 2.05) is 0 Å². The molecule has 1 aliphatic rings. The molecular weight excluding hydrogens is 198 g/mol. The highest BCUT2D eigenvalue weighted by atomic mass is 16.3.